The zero-order valence-electron chi connectivity index (χ0n) is 8.68. The molecule has 0 bridgehead atoms. The number of anilines is 1. The van der Waals surface area contributed by atoms with Gasteiger partial charge in [-0.1, -0.05) is 31.0 Å². The number of aryl methyl sites for hydroxylation is 1. The maximum Gasteiger partial charge on any atom is 0.0474 e. The minimum atomic E-state index is 0.0202. The summed E-state index contributed by atoms with van der Waals surface area (Å²) in [7, 11) is 0. The minimum Gasteiger partial charge on any atom is -0.398 e. The monoisotopic (exact) mass is 212 g/mol. The van der Waals surface area contributed by atoms with Crippen LogP contribution < -0.4 is 11.5 Å². The Balaban J connectivity index is 3.02. The molecular formula is C11H17ClN2. The molecule has 0 saturated heterocycles. The molecule has 0 amide bonds. The first-order valence-electron chi connectivity index (χ1n) is 4.87. The van der Waals surface area contributed by atoms with Gasteiger partial charge in [0.25, 0.3) is 0 Å². The van der Waals surface area contributed by atoms with E-state index in [4.69, 9.17) is 23.1 Å². The fourth-order valence-corrected chi connectivity index (χ4v) is 1.78. The minimum absolute atomic E-state index is 0.0202. The summed E-state index contributed by atoms with van der Waals surface area (Å²) in [5, 5.41) is 0.675. The topological polar surface area (TPSA) is 52.0 Å². The van der Waals surface area contributed by atoms with E-state index in [0.717, 1.165) is 29.7 Å². The van der Waals surface area contributed by atoms with E-state index in [-0.39, 0.29) is 6.04 Å². The van der Waals surface area contributed by atoms with Crippen LogP contribution in [0.2, 0.25) is 5.02 Å². The summed E-state index contributed by atoms with van der Waals surface area (Å²) in [4.78, 5) is 0. The van der Waals surface area contributed by atoms with E-state index in [2.05, 4.69) is 6.92 Å². The summed E-state index contributed by atoms with van der Waals surface area (Å²) in [6.07, 6.45) is 2.00. The molecule has 0 heterocycles. The molecule has 78 valence electrons. The molecule has 3 heteroatoms. The van der Waals surface area contributed by atoms with E-state index in [0.29, 0.717) is 5.02 Å². The average molecular weight is 213 g/mol. The number of hydrogen-bond donors (Lipinski definition) is 2. The van der Waals surface area contributed by atoms with Crippen LogP contribution in [0.15, 0.2) is 12.1 Å². The fourth-order valence-electron chi connectivity index (χ4n) is 1.47. The molecule has 4 N–H and O–H groups in total. The molecule has 2 nitrogen and oxygen atoms in total. The number of rotatable bonds is 3. The molecule has 1 aromatic rings. The van der Waals surface area contributed by atoms with Crippen LogP contribution in [0, 0.1) is 6.92 Å². The Morgan fingerprint density at radius 2 is 2.07 bits per heavy atom. The van der Waals surface area contributed by atoms with Crippen molar-refractivity contribution < 1.29 is 0 Å². The zero-order valence-corrected chi connectivity index (χ0v) is 9.43. The summed E-state index contributed by atoms with van der Waals surface area (Å²) in [5.41, 5.74) is 14.5. The van der Waals surface area contributed by atoms with Crippen molar-refractivity contribution in [2.24, 2.45) is 5.73 Å². The van der Waals surface area contributed by atoms with Crippen molar-refractivity contribution in [2.75, 3.05) is 5.73 Å². The van der Waals surface area contributed by atoms with Gasteiger partial charge < -0.3 is 11.5 Å². The number of halogens is 1. The lowest BCUT2D eigenvalue weighted by Gasteiger charge is -2.14. The second-order valence-electron chi connectivity index (χ2n) is 3.63. The quantitative estimate of drug-likeness (QED) is 0.757. The summed E-state index contributed by atoms with van der Waals surface area (Å²) in [6.45, 7) is 4.08. The van der Waals surface area contributed by atoms with Gasteiger partial charge in [0.15, 0.2) is 0 Å². The van der Waals surface area contributed by atoms with Crippen molar-refractivity contribution in [3.05, 3.63) is 28.3 Å². The molecule has 0 fully saturated rings. The highest BCUT2D eigenvalue weighted by atomic mass is 35.5. The summed E-state index contributed by atoms with van der Waals surface area (Å²) in [5.74, 6) is 0. The van der Waals surface area contributed by atoms with E-state index in [9.17, 15) is 0 Å². The third-order valence-electron chi connectivity index (χ3n) is 2.38. The molecule has 0 spiro atoms. The second-order valence-corrected chi connectivity index (χ2v) is 4.03. The molecule has 0 radical (unpaired) electrons. The maximum atomic E-state index is 6.07. The zero-order chi connectivity index (χ0) is 10.7. The molecule has 0 aliphatic heterocycles. The van der Waals surface area contributed by atoms with E-state index in [1.54, 1.807) is 6.07 Å². The van der Waals surface area contributed by atoms with Crippen LogP contribution in [0.3, 0.4) is 0 Å². The molecule has 0 aliphatic carbocycles. The van der Waals surface area contributed by atoms with Crippen molar-refractivity contribution in [3.63, 3.8) is 0 Å². The molecule has 1 rings (SSSR count). The number of hydrogen-bond acceptors (Lipinski definition) is 2. The smallest absolute Gasteiger partial charge is 0.0474 e. The first kappa shape index (κ1) is 11.3. The van der Waals surface area contributed by atoms with Crippen LogP contribution >= 0.6 is 11.6 Å². The standard InChI is InChI=1S/C11H17ClN2/c1-3-4-10(13)8-5-7(2)11(14)6-9(8)12/h5-6,10H,3-4,13-14H2,1-2H3/t10-/m0/s1. The summed E-state index contributed by atoms with van der Waals surface area (Å²) >= 11 is 6.07. The first-order chi connectivity index (χ1) is 6.56. The fraction of sp³-hybridized carbons (Fsp3) is 0.455. The van der Waals surface area contributed by atoms with Crippen LogP contribution in [0.25, 0.3) is 0 Å². The number of benzene rings is 1. The normalized spacial score (nSPS) is 12.9. The molecular weight excluding hydrogens is 196 g/mol. The van der Waals surface area contributed by atoms with Gasteiger partial charge in [0.2, 0.25) is 0 Å². The van der Waals surface area contributed by atoms with Crippen molar-refractivity contribution in [1.82, 2.24) is 0 Å². The van der Waals surface area contributed by atoms with Gasteiger partial charge >= 0.3 is 0 Å². The second kappa shape index (κ2) is 4.67. The van der Waals surface area contributed by atoms with Crippen LogP contribution in [0.1, 0.15) is 36.9 Å². The summed E-state index contributed by atoms with van der Waals surface area (Å²) in [6, 6.07) is 3.78. The van der Waals surface area contributed by atoms with Crippen molar-refractivity contribution in [2.45, 2.75) is 32.7 Å². The third kappa shape index (κ3) is 2.40. The van der Waals surface area contributed by atoms with Crippen LogP contribution in [0.5, 0.6) is 0 Å². The van der Waals surface area contributed by atoms with Crippen molar-refractivity contribution in [1.29, 1.82) is 0 Å². The molecule has 0 aliphatic rings. The molecule has 0 aromatic heterocycles. The molecule has 0 saturated carbocycles. The lowest BCUT2D eigenvalue weighted by atomic mass is 10.0. The third-order valence-corrected chi connectivity index (χ3v) is 2.71. The van der Waals surface area contributed by atoms with Crippen LogP contribution in [-0.4, -0.2) is 0 Å². The van der Waals surface area contributed by atoms with E-state index in [1.165, 1.54) is 0 Å². The lowest BCUT2D eigenvalue weighted by molar-refractivity contribution is 0.638. The summed E-state index contributed by atoms with van der Waals surface area (Å²) < 4.78 is 0. The predicted molar refractivity (Wildman–Crippen MR) is 62.4 cm³/mol. The van der Waals surface area contributed by atoms with Gasteiger partial charge in [0, 0.05) is 16.8 Å². The highest BCUT2D eigenvalue weighted by Gasteiger charge is 2.10. The molecule has 1 atom stereocenters. The van der Waals surface area contributed by atoms with Crippen molar-refractivity contribution >= 4 is 17.3 Å². The Kier molecular flexibility index (Phi) is 3.78. The Morgan fingerprint density at radius 1 is 1.43 bits per heavy atom. The predicted octanol–water partition coefficient (Wildman–Crippen LogP) is 3.03. The lowest BCUT2D eigenvalue weighted by Crippen LogP contribution is -2.11. The van der Waals surface area contributed by atoms with Crippen LogP contribution in [-0.2, 0) is 0 Å². The first-order valence-corrected chi connectivity index (χ1v) is 5.25. The Bertz CT molecular complexity index is 323. The van der Waals surface area contributed by atoms with Gasteiger partial charge in [-0.3, -0.25) is 0 Å². The average Bonchev–Trinajstić information content (AvgIpc) is 2.11. The van der Waals surface area contributed by atoms with Gasteiger partial charge in [0.1, 0.15) is 0 Å². The molecule has 14 heavy (non-hydrogen) atoms. The van der Waals surface area contributed by atoms with Gasteiger partial charge in [-0.15, -0.1) is 0 Å². The number of nitrogens with two attached hydrogens (primary N) is 2. The van der Waals surface area contributed by atoms with Crippen LogP contribution in [0.4, 0.5) is 5.69 Å². The SMILES string of the molecule is CCC[C@H](N)c1cc(C)c(N)cc1Cl. The Morgan fingerprint density at radius 3 is 2.64 bits per heavy atom. The Hall–Kier alpha value is -0.730. The number of nitrogen functional groups attached to an aromatic ring is 1. The maximum absolute atomic E-state index is 6.07. The Labute approximate surface area is 90.2 Å². The highest BCUT2D eigenvalue weighted by Crippen LogP contribution is 2.28. The molecule has 0 unspecified atom stereocenters. The highest BCUT2D eigenvalue weighted by molar-refractivity contribution is 6.31. The van der Waals surface area contributed by atoms with Gasteiger partial charge in [-0.25, -0.2) is 0 Å². The molecule has 1 aromatic carbocycles. The van der Waals surface area contributed by atoms with Gasteiger partial charge in [-0.05, 0) is 30.5 Å². The van der Waals surface area contributed by atoms with E-state index >= 15 is 0 Å². The van der Waals surface area contributed by atoms with Gasteiger partial charge in [-0.2, -0.15) is 0 Å². The largest absolute Gasteiger partial charge is 0.398 e. The van der Waals surface area contributed by atoms with Crippen molar-refractivity contribution in [3.8, 4) is 0 Å². The van der Waals surface area contributed by atoms with Gasteiger partial charge in [0.05, 0.1) is 0 Å². The van der Waals surface area contributed by atoms with E-state index < -0.39 is 0 Å². The van der Waals surface area contributed by atoms with E-state index in [1.807, 2.05) is 13.0 Å².